The molecular weight excluding hydrogens is 546 g/mol. The maximum absolute atomic E-state index is 13.5. The Kier molecular flexibility index (Phi) is 13.3. The summed E-state index contributed by atoms with van der Waals surface area (Å²) in [5, 5.41) is 8.13. The van der Waals surface area contributed by atoms with Crippen LogP contribution in [0.5, 0.6) is 0 Å². The molecular formula is C30H43N3O7S. The van der Waals surface area contributed by atoms with Crippen LogP contribution in [0.2, 0.25) is 0 Å². The lowest BCUT2D eigenvalue weighted by molar-refractivity contribution is -0.130. The number of hydrogen-bond donors (Lipinski definition) is 3. The first-order valence-electron chi connectivity index (χ1n) is 13.8. The van der Waals surface area contributed by atoms with E-state index in [0.717, 1.165) is 11.1 Å². The summed E-state index contributed by atoms with van der Waals surface area (Å²) in [5.41, 5.74) is 0.868. The number of carbonyl (C=O) groups is 3. The van der Waals surface area contributed by atoms with Crippen LogP contribution in [-0.2, 0) is 41.5 Å². The number of nitrogens with one attached hydrogen (secondary N) is 3. The first kappa shape index (κ1) is 33.8. The molecule has 0 saturated carbocycles. The predicted molar refractivity (Wildman–Crippen MR) is 158 cm³/mol. The second kappa shape index (κ2) is 16.1. The Morgan fingerprint density at radius 2 is 1.32 bits per heavy atom. The minimum absolute atomic E-state index is 0.0716. The molecule has 226 valence electrons. The molecule has 0 radical (unpaired) electrons. The number of amides is 3. The molecule has 0 aliphatic carbocycles. The Morgan fingerprint density at radius 3 is 1.80 bits per heavy atom. The fourth-order valence-electron chi connectivity index (χ4n) is 3.72. The highest BCUT2D eigenvalue weighted by Gasteiger charge is 2.29. The van der Waals surface area contributed by atoms with E-state index in [9.17, 15) is 22.8 Å². The molecule has 0 spiro atoms. The van der Waals surface area contributed by atoms with Gasteiger partial charge < -0.3 is 20.7 Å². The molecule has 0 unspecified atom stereocenters. The summed E-state index contributed by atoms with van der Waals surface area (Å²) in [6, 6.07) is 16.4. The summed E-state index contributed by atoms with van der Waals surface area (Å²) >= 11 is 0. The van der Waals surface area contributed by atoms with E-state index in [4.69, 9.17) is 8.92 Å². The third-order valence-corrected chi connectivity index (χ3v) is 6.94. The van der Waals surface area contributed by atoms with Crippen molar-refractivity contribution in [2.24, 2.45) is 5.92 Å². The summed E-state index contributed by atoms with van der Waals surface area (Å²) < 4.78 is 34.5. The molecule has 0 aromatic heterocycles. The normalized spacial score (nSPS) is 13.2. The molecule has 3 amide bonds. The largest absolute Gasteiger partial charge is 0.444 e. The first-order chi connectivity index (χ1) is 19.2. The van der Waals surface area contributed by atoms with Gasteiger partial charge in [0.05, 0.1) is 12.4 Å². The summed E-state index contributed by atoms with van der Waals surface area (Å²) in [6.45, 7) is 9.05. The highest BCUT2D eigenvalue weighted by Crippen LogP contribution is 2.10. The molecule has 0 bridgehead atoms. The van der Waals surface area contributed by atoms with Crippen LogP contribution in [0.15, 0.2) is 60.7 Å². The molecule has 2 aromatic rings. The van der Waals surface area contributed by atoms with E-state index in [0.29, 0.717) is 0 Å². The standard InChI is InChI=1S/C30H43N3O7S/c1-22(2)21-39-41(37,38)18-12-17-31-27(34)25(19-23-13-8-6-9-14-23)32-28(35)26(20-24-15-10-7-11-16-24)33-29(36)40-30(3,4)5/h6-11,13-16,22,25-26H,12,17-21H2,1-5H3,(H,31,34)(H,32,35)(H,33,36)/t25-,26-/m0/s1. The van der Waals surface area contributed by atoms with Gasteiger partial charge in [-0.15, -0.1) is 0 Å². The zero-order valence-corrected chi connectivity index (χ0v) is 25.3. The van der Waals surface area contributed by atoms with Crippen molar-refractivity contribution in [1.82, 2.24) is 16.0 Å². The Morgan fingerprint density at radius 1 is 0.805 bits per heavy atom. The number of ether oxygens (including phenoxy) is 1. The molecule has 41 heavy (non-hydrogen) atoms. The highest BCUT2D eigenvalue weighted by molar-refractivity contribution is 7.86. The van der Waals surface area contributed by atoms with E-state index in [-0.39, 0.29) is 44.1 Å². The van der Waals surface area contributed by atoms with Gasteiger partial charge in [0, 0.05) is 19.4 Å². The maximum Gasteiger partial charge on any atom is 0.408 e. The van der Waals surface area contributed by atoms with Gasteiger partial charge in [0.15, 0.2) is 0 Å². The Labute approximate surface area is 243 Å². The van der Waals surface area contributed by atoms with Gasteiger partial charge >= 0.3 is 6.09 Å². The molecule has 0 heterocycles. The highest BCUT2D eigenvalue weighted by atomic mass is 32.2. The number of hydrogen-bond acceptors (Lipinski definition) is 7. The average molecular weight is 590 g/mol. The third-order valence-electron chi connectivity index (χ3n) is 5.66. The fraction of sp³-hybridized carbons (Fsp3) is 0.500. The number of carbonyl (C=O) groups excluding carboxylic acids is 3. The lowest BCUT2D eigenvalue weighted by Gasteiger charge is -2.25. The van der Waals surface area contributed by atoms with Gasteiger partial charge in [-0.1, -0.05) is 74.5 Å². The van der Waals surface area contributed by atoms with E-state index in [2.05, 4.69) is 16.0 Å². The van der Waals surface area contributed by atoms with E-state index >= 15 is 0 Å². The van der Waals surface area contributed by atoms with Gasteiger partial charge in [-0.2, -0.15) is 8.42 Å². The molecule has 11 heteroatoms. The minimum Gasteiger partial charge on any atom is -0.444 e. The van der Waals surface area contributed by atoms with Crippen LogP contribution in [-0.4, -0.2) is 62.9 Å². The van der Waals surface area contributed by atoms with Crippen molar-refractivity contribution in [2.75, 3.05) is 18.9 Å². The minimum atomic E-state index is -3.70. The zero-order chi connectivity index (χ0) is 30.5. The fourth-order valence-corrected chi connectivity index (χ4v) is 4.82. The van der Waals surface area contributed by atoms with E-state index < -0.39 is 45.7 Å². The number of alkyl carbamates (subject to hydrolysis) is 1. The molecule has 0 fully saturated rings. The van der Waals surface area contributed by atoms with Crippen molar-refractivity contribution in [3.63, 3.8) is 0 Å². The SMILES string of the molecule is CC(C)COS(=O)(=O)CCCNC(=O)[C@H](Cc1ccccc1)NC(=O)[C@H](Cc1ccccc1)NC(=O)OC(C)(C)C. The van der Waals surface area contributed by atoms with Crippen molar-refractivity contribution in [3.8, 4) is 0 Å². The molecule has 2 atom stereocenters. The zero-order valence-electron chi connectivity index (χ0n) is 24.5. The smallest absolute Gasteiger partial charge is 0.408 e. The van der Waals surface area contributed by atoms with Crippen LogP contribution in [0, 0.1) is 5.92 Å². The van der Waals surface area contributed by atoms with Crippen LogP contribution in [0.3, 0.4) is 0 Å². The van der Waals surface area contributed by atoms with Gasteiger partial charge in [-0.25, -0.2) is 4.79 Å². The molecule has 2 aromatic carbocycles. The molecule has 0 saturated heterocycles. The van der Waals surface area contributed by atoms with Gasteiger partial charge in [-0.05, 0) is 44.2 Å². The van der Waals surface area contributed by atoms with Crippen LogP contribution in [0.4, 0.5) is 4.79 Å². The van der Waals surface area contributed by atoms with Gasteiger partial charge in [0.1, 0.15) is 17.7 Å². The monoisotopic (exact) mass is 589 g/mol. The van der Waals surface area contributed by atoms with Gasteiger partial charge in [0.25, 0.3) is 10.1 Å². The van der Waals surface area contributed by atoms with E-state index in [1.54, 1.807) is 20.8 Å². The van der Waals surface area contributed by atoms with Crippen LogP contribution >= 0.6 is 0 Å². The Bertz CT molecular complexity index is 1210. The lowest BCUT2D eigenvalue weighted by atomic mass is 10.0. The first-order valence-corrected chi connectivity index (χ1v) is 15.3. The van der Waals surface area contributed by atoms with Crippen molar-refractivity contribution in [3.05, 3.63) is 71.8 Å². The molecule has 0 aliphatic heterocycles. The Hall–Kier alpha value is -3.44. The summed E-state index contributed by atoms with van der Waals surface area (Å²) in [5.74, 6) is -1.20. The molecule has 3 N–H and O–H groups in total. The quantitative estimate of drug-likeness (QED) is 0.214. The molecule has 0 aliphatic rings. The number of rotatable bonds is 15. The van der Waals surface area contributed by atoms with Crippen molar-refractivity contribution < 1.29 is 31.7 Å². The second-order valence-corrected chi connectivity index (χ2v) is 13.0. The predicted octanol–water partition coefficient (Wildman–Crippen LogP) is 3.36. The van der Waals surface area contributed by atoms with Crippen molar-refractivity contribution >= 4 is 28.0 Å². The summed E-state index contributed by atoms with van der Waals surface area (Å²) in [7, 11) is -3.70. The van der Waals surface area contributed by atoms with E-state index in [1.165, 1.54) is 0 Å². The van der Waals surface area contributed by atoms with Gasteiger partial charge in [-0.3, -0.25) is 13.8 Å². The molecule has 2 rings (SSSR count). The van der Waals surface area contributed by atoms with Gasteiger partial charge in [0.2, 0.25) is 11.8 Å². The van der Waals surface area contributed by atoms with Crippen molar-refractivity contribution in [1.29, 1.82) is 0 Å². The number of benzene rings is 2. The summed E-state index contributed by atoms with van der Waals surface area (Å²) in [6.07, 6.45) is -0.230. The Balaban J connectivity index is 2.13. The molecule has 10 nitrogen and oxygen atoms in total. The van der Waals surface area contributed by atoms with Crippen molar-refractivity contribution in [2.45, 2.75) is 71.6 Å². The van der Waals surface area contributed by atoms with Crippen LogP contribution in [0.25, 0.3) is 0 Å². The lowest BCUT2D eigenvalue weighted by Crippen LogP contribution is -2.55. The average Bonchev–Trinajstić information content (AvgIpc) is 2.89. The third kappa shape index (κ3) is 14.1. The van der Waals surface area contributed by atoms with Crippen LogP contribution < -0.4 is 16.0 Å². The van der Waals surface area contributed by atoms with E-state index in [1.807, 2.05) is 74.5 Å². The van der Waals surface area contributed by atoms with Crippen LogP contribution in [0.1, 0.15) is 52.2 Å². The maximum atomic E-state index is 13.5. The topological polar surface area (TPSA) is 140 Å². The second-order valence-electron chi connectivity index (χ2n) is 11.2. The summed E-state index contributed by atoms with van der Waals surface area (Å²) in [4.78, 5) is 39.2.